The molecule has 23 heavy (non-hydrogen) atoms. The molecule has 120 valence electrons. The summed E-state index contributed by atoms with van der Waals surface area (Å²) in [5.74, 6) is -0.129. The Kier molecular flexibility index (Phi) is 5.28. The fourth-order valence-electron chi connectivity index (χ4n) is 2.58. The average molecular weight is 331 g/mol. The van der Waals surface area contributed by atoms with E-state index >= 15 is 0 Å². The SMILES string of the molecule is O=C(Nc1ccccc1CN1CCOCC1)c1ccc(Cl)cc1. The Labute approximate surface area is 141 Å². The highest BCUT2D eigenvalue weighted by Gasteiger charge is 2.14. The molecule has 1 saturated heterocycles. The number of carbonyl (C=O) groups excluding carboxylic acids is 1. The van der Waals surface area contributed by atoms with Crippen LogP contribution in [-0.4, -0.2) is 37.1 Å². The number of hydrogen-bond donors (Lipinski definition) is 1. The van der Waals surface area contributed by atoms with Crippen molar-refractivity contribution in [3.05, 3.63) is 64.7 Å². The summed E-state index contributed by atoms with van der Waals surface area (Å²) in [5.41, 5.74) is 2.55. The first-order valence-corrected chi connectivity index (χ1v) is 8.05. The Hall–Kier alpha value is -1.88. The molecule has 4 nitrogen and oxygen atoms in total. The van der Waals surface area contributed by atoms with Crippen molar-refractivity contribution in [2.24, 2.45) is 0 Å². The van der Waals surface area contributed by atoms with Crippen LogP contribution < -0.4 is 5.32 Å². The Morgan fingerprint density at radius 3 is 2.52 bits per heavy atom. The van der Waals surface area contributed by atoms with Gasteiger partial charge in [-0.1, -0.05) is 29.8 Å². The molecule has 1 aliphatic heterocycles. The molecule has 0 bridgehead atoms. The molecule has 1 fully saturated rings. The lowest BCUT2D eigenvalue weighted by atomic mass is 10.1. The minimum absolute atomic E-state index is 0.129. The molecule has 5 heteroatoms. The highest BCUT2D eigenvalue weighted by atomic mass is 35.5. The monoisotopic (exact) mass is 330 g/mol. The van der Waals surface area contributed by atoms with Crippen molar-refractivity contribution in [3.8, 4) is 0 Å². The summed E-state index contributed by atoms with van der Waals surface area (Å²) in [6.07, 6.45) is 0. The van der Waals surface area contributed by atoms with Gasteiger partial charge in [-0.3, -0.25) is 9.69 Å². The van der Waals surface area contributed by atoms with Crippen molar-refractivity contribution in [3.63, 3.8) is 0 Å². The van der Waals surface area contributed by atoms with E-state index in [-0.39, 0.29) is 5.91 Å². The van der Waals surface area contributed by atoms with Crippen LogP contribution in [0.1, 0.15) is 15.9 Å². The van der Waals surface area contributed by atoms with Crippen LogP contribution >= 0.6 is 11.6 Å². The molecule has 0 atom stereocenters. The van der Waals surface area contributed by atoms with Crippen LogP contribution in [-0.2, 0) is 11.3 Å². The van der Waals surface area contributed by atoms with Crippen molar-refractivity contribution >= 4 is 23.2 Å². The lowest BCUT2D eigenvalue weighted by molar-refractivity contribution is 0.0342. The molecule has 1 aliphatic rings. The van der Waals surface area contributed by atoms with Gasteiger partial charge in [0.15, 0.2) is 0 Å². The van der Waals surface area contributed by atoms with Gasteiger partial charge in [-0.05, 0) is 35.9 Å². The number of ether oxygens (including phenoxy) is 1. The number of anilines is 1. The van der Waals surface area contributed by atoms with E-state index in [2.05, 4.69) is 10.2 Å². The summed E-state index contributed by atoms with van der Waals surface area (Å²) in [5, 5.41) is 3.62. The van der Waals surface area contributed by atoms with Crippen LogP contribution in [0, 0.1) is 0 Å². The number of nitrogens with zero attached hydrogens (tertiary/aromatic N) is 1. The van der Waals surface area contributed by atoms with Gasteiger partial charge in [-0.15, -0.1) is 0 Å². The van der Waals surface area contributed by atoms with Crippen LogP contribution in [0.25, 0.3) is 0 Å². The summed E-state index contributed by atoms with van der Waals surface area (Å²) in [7, 11) is 0. The Morgan fingerprint density at radius 2 is 1.78 bits per heavy atom. The van der Waals surface area contributed by atoms with Crippen molar-refractivity contribution in [2.75, 3.05) is 31.6 Å². The van der Waals surface area contributed by atoms with E-state index in [0.717, 1.165) is 44.1 Å². The topological polar surface area (TPSA) is 41.6 Å². The second-order valence-electron chi connectivity index (χ2n) is 5.51. The molecule has 2 aromatic rings. The number of hydrogen-bond acceptors (Lipinski definition) is 3. The number of nitrogens with one attached hydrogen (secondary N) is 1. The minimum Gasteiger partial charge on any atom is -0.379 e. The van der Waals surface area contributed by atoms with Crippen LogP contribution in [0.15, 0.2) is 48.5 Å². The van der Waals surface area contributed by atoms with Gasteiger partial charge in [0.05, 0.1) is 13.2 Å². The molecule has 0 spiro atoms. The molecule has 0 unspecified atom stereocenters. The quantitative estimate of drug-likeness (QED) is 0.934. The van der Waals surface area contributed by atoms with Crippen LogP contribution in [0.5, 0.6) is 0 Å². The van der Waals surface area contributed by atoms with Crippen molar-refractivity contribution in [2.45, 2.75) is 6.54 Å². The van der Waals surface area contributed by atoms with Crippen molar-refractivity contribution < 1.29 is 9.53 Å². The van der Waals surface area contributed by atoms with Gasteiger partial charge in [-0.2, -0.15) is 0 Å². The van der Waals surface area contributed by atoms with Gasteiger partial charge in [0.2, 0.25) is 0 Å². The molecule has 0 aliphatic carbocycles. The molecule has 1 heterocycles. The summed E-state index contributed by atoms with van der Waals surface area (Å²) in [4.78, 5) is 14.7. The third-order valence-corrected chi connectivity index (χ3v) is 4.12. The Bertz CT molecular complexity index is 667. The lowest BCUT2D eigenvalue weighted by Gasteiger charge is -2.27. The smallest absolute Gasteiger partial charge is 0.255 e. The van der Waals surface area contributed by atoms with Gasteiger partial charge in [-0.25, -0.2) is 0 Å². The zero-order valence-electron chi connectivity index (χ0n) is 12.8. The second kappa shape index (κ2) is 7.59. The van der Waals surface area contributed by atoms with Gasteiger partial charge < -0.3 is 10.1 Å². The molecule has 1 amide bonds. The largest absolute Gasteiger partial charge is 0.379 e. The fraction of sp³-hybridized carbons (Fsp3) is 0.278. The maximum Gasteiger partial charge on any atom is 0.255 e. The predicted octanol–water partition coefficient (Wildman–Crippen LogP) is 3.42. The first-order chi connectivity index (χ1) is 11.2. The van der Waals surface area contributed by atoms with E-state index in [4.69, 9.17) is 16.3 Å². The molecule has 3 rings (SSSR count). The van der Waals surface area contributed by atoms with Gasteiger partial charge >= 0.3 is 0 Å². The summed E-state index contributed by atoms with van der Waals surface area (Å²) in [6, 6.07) is 14.8. The number of halogens is 1. The van der Waals surface area contributed by atoms with Crippen LogP contribution in [0.2, 0.25) is 5.02 Å². The molecular formula is C18H19ClN2O2. The minimum atomic E-state index is -0.129. The van der Waals surface area contributed by atoms with E-state index in [9.17, 15) is 4.79 Å². The first kappa shape index (κ1) is 16.0. The maximum atomic E-state index is 12.4. The van der Waals surface area contributed by atoms with Crippen LogP contribution in [0.4, 0.5) is 5.69 Å². The molecule has 0 radical (unpaired) electrons. The maximum absolute atomic E-state index is 12.4. The van der Waals surface area contributed by atoms with Gasteiger partial charge in [0, 0.05) is 35.9 Å². The second-order valence-corrected chi connectivity index (χ2v) is 5.94. The predicted molar refractivity (Wildman–Crippen MR) is 91.9 cm³/mol. The Morgan fingerprint density at radius 1 is 1.09 bits per heavy atom. The molecule has 0 saturated carbocycles. The molecule has 1 N–H and O–H groups in total. The summed E-state index contributed by atoms with van der Waals surface area (Å²) < 4.78 is 5.38. The average Bonchev–Trinajstić information content (AvgIpc) is 2.58. The number of amides is 1. The molecule has 2 aromatic carbocycles. The van der Waals surface area contributed by atoms with Gasteiger partial charge in [0.1, 0.15) is 0 Å². The van der Waals surface area contributed by atoms with Crippen molar-refractivity contribution in [1.29, 1.82) is 0 Å². The molecular weight excluding hydrogens is 312 g/mol. The zero-order valence-corrected chi connectivity index (χ0v) is 13.6. The normalized spacial score (nSPS) is 15.3. The number of para-hydroxylation sites is 1. The summed E-state index contributed by atoms with van der Waals surface area (Å²) in [6.45, 7) is 4.16. The number of benzene rings is 2. The van der Waals surface area contributed by atoms with E-state index in [1.165, 1.54) is 0 Å². The molecule has 0 aromatic heterocycles. The zero-order chi connectivity index (χ0) is 16.1. The van der Waals surface area contributed by atoms with E-state index in [1.54, 1.807) is 24.3 Å². The number of carbonyl (C=O) groups is 1. The number of morpholine rings is 1. The highest BCUT2D eigenvalue weighted by Crippen LogP contribution is 2.19. The van der Waals surface area contributed by atoms with Gasteiger partial charge in [0.25, 0.3) is 5.91 Å². The van der Waals surface area contributed by atoms with E-state index in [0.29, 0.717) is 10.6 Å². The first-order valence-electron chi connectivity index (χ1n) is 7.67. The van der Waals surface area contributed by atoms with Crippen molar-refractivity contribution in [1.82, 2.24) is 4.90 Å². The van der Waals surface area contributed by atoms with E-state index < -0.39 is 0 Å². The third kappa shape index (κ3) is 4.32. The van der Waals surface area contributed by atoms with E-state index in [1.807, 2.05) is 24.3 Å². The Balaban J connectivity index is 1.72. The highest BCUT2D eigenvalue weighted by molar-refractivity contribution is 6.30. The standard InChI is InChI=1S/C18H19ClN2O2/c19-16-7-5-14(6-8-16)18(22)20-17-4-2-1-3-15(17)13-21-9-11-23-12-10-21/h1-8H,9-13H2,(H,20,22). The number of rotatable bonds is 4. The van der Waals surface area contributed by atoms with Crippen LogP contribution in [0.3, 0.4) is 0 Å². The fourth-order valence-corrected chi connectivity index (χ4v) is 2.70. The lowest BCUT2D eigenvalue weighted by Crippen LogP contribution is -2.35. The summed E-state index contributed by atoms with van der Waals surface area (Å²) >= 11 is 5.86. The third-order valence-electron chi connectivity index (χ3n) is 3.87.